The highest BCUT2D eigenvalue weighted by Gasteiger charge is 2.22. The molecule has 6 nitrogen and oxygen atoms in total. The summed E-state index contributed by atoms with van der Waals surface area (Å²) in [5.74, 6) is -4.21. The van der Waals surface area contributed by atoms with Crippen LogP contribution in [0.2, 0.25) is 0 Å². The van der Waals surface area contributed by atoms with Gasteiger partial charge in [-0.2, -0.15) is 0 Å². The average Bonchev–Trinajstić information content (AvgIpc) is 1.57. The molecule has 0 unspecified atom stereocenters. The molecule has 0 radical (unpaired) electrons. The Morgan fingerprint density at radius 3 is 1.40 bits per heavy atom. The van der Waals surface area contributed by atoms with Gasteiger partial charge in [-0.25, -0.2) is 0 Å². The largest absolute Gasteiger partial charge is 0.344 e. The van der Waals surface area contributed by atoms with E-state index in [1.165, 1.54) is 0 Å². The third-order valence-electron chi connectivity index (χ3n) is 0.893. The summed E-state index contributed by atoms with van der Waals surface area (Å²) < 4.78 is 0. The molecule has 0 amide bonds. The van der Waals surface area contributed by atoms with Gasteiger partial charge in [0.15, 0.2) is 0 Å². The predicted molar refractivity (Wildman–Crippen MR) is 33.9 cm³/mol. The average molecular weight is 151 g/mol. The van der Waals surface area contributed by atoms with E-state index >= 15 is 0 Å². The van der Waals surface area contributed by atoms with Crippen LogP contribution in [0.15, 0.2) is 0 Å². The molecule has 0 saturated carbocycles. The Morgan fingerprint density at radius 2 is 1.30 bits per heavy atom. The van der Waals surface area contributed by atoms with Gasteiger partial charge in [-0.1, -0.05) is 0 Å². The second kappa shape index (κ2) is 2.79. The molecule has 0 aromatic heterocycles. The summed E-state index contributed by atoms with van der Waals surface area (Å²) in [5.41, 5.74) is 15.2. The van der Waals surface area contributed by atoms with Gasteiger partial charge in [-0.15, -0.1) is 0 Å². The molecule has 0 spiro atoms. The predicted octanol–water partition coefficient (Wildman–Crippen LogP) is -3.07. The molecular weight excluding hydrogens is 138 g/mol. The molecule has 0 saturated heterocycles. The maximum Gasteiger partial charge on any atom is 0.275 e. The molecule has 0 bridgehead atoms. The Kier molecular flexibility index (Phi) is 2.72. The van der Waals surface area contributed by atoms with E-state index in [2.05, 4.69) is 0 Å². The summed E-state index contributed by atoms with van der Waals surface area (Å²) in [6, 6.07) is 0. The van der Waals surface area contributed by atoms with E-state index in [4.69, 9.17) is 32.5 Å². The van der Waals surface area contributed by atoms with E-state index in [1.54, 1.807) is 0 Å². The van der Waals surface area contributed by atoms with E-state index in [-0.39, 0.29) is 12.8 Å². The number of aliphatic hydroxyl groups is 3. The summed E-state index contributed by atoms with van der Waals surface area (Å²) >= 11 is 0. The molecule has 9 N–H and O–H groups in total. The lowest BCUT2D eigenvalue weighted by Crippen LogP contribution is -2.58. The second-order valence-electron chi connectivity index (χ2n) is 2.39. The zero-order valence-corrected chi connectivity index (χ0v) is 5.49. The third-order valence-corrected chi connectivity index (χ3v) is 0.893. The van der Waals surface area contributed by atoms with E-state index in [1.807, 2.05) is 0 Å². The molecule has 0 aromatic carbocycles. The summed E-state index contributed by atoms with van der Waals surface area (Å²) in [5, 5.41) is 25.0. The van der Waals surface area contributed by atoms with Crippen LogP contribution in [-0.4, -0.2) is 27.1 Å². The van der Waals surface area contributed by atoms with Gasteiger partial charge < -0.3 is 32.5 Å². The van der Waals surface area contributed by atoms with Crippen molar-refractivity contribution in [1.29, 1.82) is 0 Å². The molecule has 0 aromatic rings. The quantitative estimate of drug-likeness (QED) is 0.236. The van der Waals surface area contributed by atoms with Crippen molar-refractivity contribution in [2.24, 2.45) is 17.2 Å². The monoisotopic (exact) mass is 151 g/mol. The number of hydrogen-bond donors (Lipinski definition) is 6. The van der Waals surface area contributed by atoms with Gasteiger partial charge in [0.25, 0.3) is 5.97 Å². The molecule has 0 aliphatic carbocycles. The smallest absolute Gasteiger partial charge is 0.275 e. The molecule has 0 rings (SSSR count). The fraction of sp³-hybridized carbons (Fsp3) is 1.00. The van der Waals surface area contributed by atoms with Crippen molar-refractivity contribution >= 4 is 0 Å². The zero-order valence-electron chi connectivity index (χ0n) is 5.49. The van der Waals surface area contributed by atoms with Crippen LogP contribution in [0, 0.1) is 0 Å². The maximum atomic E-state index is 8.33. The fourth-order valence-electron chi connectivity index (χ4n) is 0.384. The normalized spacial score (nSPS) is 13.8. The van der Waals surface area contributed by atoms with Gasteiger partial charge in [0, 0.05) is 6.42 Å². The lowest BCUT2D eigenvalue weighted by atomic mass is 10.2. The van der Waals surface area contributed by atoms with Gasteiger partial charge in [0.2, 0.25) is 0 Å². The third kappa shape index (κ3) is 7.76. The van der Waals surface area contributed by atoms with Crippen LogP contribution in [0.5, 0.6) is 0 Å². The number of rotatable bonds is 3. The molecule has 0 fully saturated rings. The van der Waals surface area contributed by atoms with Crippen molar-refractivity contribution in [2.45, 2.75) is 24.6 Å². The van der Waals surface area contributed by atoms with E-state index in [0.717, 1.165) is 0 Å². The van der Waals surface area contributed by atoms with Crippen molar-refractivity contribution in [2.75, 3.05) is 0 Å². The van der Waals surface area contributed by atoms with Crippen LogP contribution < -0.4 is 17.2 Å². The van der Waals surface area contributed by atoms with Crippen LogP contribution in [0.25, 0.3) is 0 Å². The van der Waals surface area contributed by atoms with Crippen molar-refractivity contribution in [3.05, 3.63) is 0 Å². The van der Waals surface area contributed by atoms with E-state index in [9.17, 15) is 0 Å². The highest BCUT2D eigenvalue weighted by Crippen LogP contribution is 2.06. The Balaban J connectivity index is 3.56. The Morgan fingerprint density at radius 1 is 0.900 bits per heavy atom. The molecule has 0 heterocycles. The number of nitrogens with two attached hydrogens (primary N) is 3. The molecule has 0 aliphatic heterocycles. The van der Waals surface area contributed by atoms with E-state index in [0.29, 0.717) is 0 Å². The minimum Gasteiger partial charge on any atom is -0.344 e. The minimum absolute atomic E-state index is 0.0868. The first-order chi connectivity index (χ1) is 4.21. The van der Waals surface area contributed by atoms with Crippen LogP contribution in [0.1, 0.15) is 12.8 Å². The lowest BCUT2D eigenvalue weighted by molar-refractivity contribution is -0.316. The van der Waals surface area contributed by atoms with Crippen LogP contribution in [-0.2, 0) is 0 Å². The topological polar surface area (TPSA) is 139 Å². The fourth-order valence-corrected chi connectivity index (χ4v) is 0.384. The van der Waals surface area contributed by atoms with Crippen molar-refractivity contribution < 1.29 is 15.3 Å². The Bertz CT molecular complexity index is 89.3. The molecule has 0 aliphatic rings. The summed E-state index contributed by atoms with van der Waals surface area (Å²) in [6.45, 7) is 0. The maximum absolute atomic E-state index is 8.33. The SMILES string of the molecule is NC(N)(N)CCC(O)(O)O. The van der Waals surface area contributed by atoms with Gasteiger partial charge in [-0.3, -0.25) is 0 Å². The molecule has 62 valence electrons. The second-order valence-corrected chi connectivity index (χ2v) is 2.39. The van der Waals surface area contributed by atoms with Gasteiger partial charge in [-0.05, 0) is 6.42 Å². The Hall–Kier alpha value is -0.240. The van der Waals surface area contributed by atoms with Crippen LogP contribution >= 0.6 is 0 Å². The zero-order chi connectivity index (χ0) is 8.41. The van der Waals surface area contributed by atoms with Crippen molar-refractivity contribution in [3.8, 4) is 0 Å². The highest BCUT2D eigenvalue weighted by atomic mass is 16.7. The first-order valence-electron chi connectivity index (χ1n) is 2.74. The first kappa shape index (κ1) is 9.76. The molecule has 0 atom stereocenters. The highest BCUT2D eigenvalue weighted by molar-refractivity contribution is 4.68. The standard InChI is InChI=1S/C4H13N3O3/c5-3(6,7)1-2-4(8,9)10/h8-10H,1-2,5-7H2. The Labute approximate surface area is 58.2 Å². The van der Waals surface area contributed by atoms with Crippen LogP contribution in [0.3, 0.4) is 0 Å². The lowest BCUT2D eigenvalue weighted by Gasteiger charge is -2.21. The van der Waals surface area contributed by atoms with E-state index < -0.39 is 11.8 Å². The van der Waals surface area contributed by atoms with Gasteiger partial charge in [0.1, 0.15) is 5.79 Å². The van der Waals surface area contributed by atoms with Crippen molar-refractivity contribution in [3.63, 3.8) is 0 Å². The first-order valence-corrected chi connectivity index (χ1v) is 2.74. The van der Waals surface area contributed by atoms with Crippen LogP contribution in [0.4, 0.5) is 0 Å². The van der Waals surface area contributed by atoms with Crippen molar-refractivity contribution in [1.82, 2.24) is 0 Å². The summed E-state index contributed by atoms with van der Waals surface area (Å²) in [7, 11) is 0. The molecule has 6 heteroatoms. The molecule has 10 heavy (non-hydrogen) atoms. The van der Waals surface area contributed by atoms with Gasteiger partial charge >= 0.3 is 0 Å². The summed E-state index contributed by atoms with van der Waals surface area (Å²) in [4.78, 5) is 0. The minimum atomic E-state index is -2.73. The molecular formula is C4H13N3O3. The van der Waals surface area contributed by atoms with Gasteiger partial charge in [0.05, 0.1) is 0 Å². The number of hydrogen-bond acceptors (Lipinski definition) is 6. The summed E-state index contributed by atoms with van der Waals surface area (Å²) in [6.07, 6.45) is -0.465.